The van der Waals surface area contributed by atoms with Crippen LogP contribution in [0.15, 0.2) is 17.5 Å². The first-order chi connectivity index (χ1) is 7.81. The Morgan fingerprint density at radius 2 is 2.47 bits per heavy atom. The van der Waals surface area contributed by atoms with Gasteiger partial charge in [0.15, 0.2) is 0 Å². The number of thiophene rings is 1. The summed E-state index contributed by atoms with van der Waals surface area (Å²) in [6, 6.07) is 4.18. The summed E-state index contributed by atoms with van der Waals surface area (Å²) in [7, 11) is 0. The van der Waals surface area contributed by atoms with Crippen LogP contribution in [0.5, 0.6) is 0 Å². The van der Waals surface area contributed by atoms with Crippen LogP contribution in [-0.2, 0) is 11.3 Å². The van der Waals surface area contributed by atoms with Crippen LogP contribution >= 0.6 is 23.7 Å². The molecule has 1 atom stereocenters. The summed E-state index contributed by atoms with van der Waals surface area (Å²) in [6.07, 6.45) is 2.10. The van der Waals surface area contributed by atoms with Gasteiger partial charge in [0, 0.05) is 11.4 Å². The minimum Gasteiger partial charge on any atom is -0.336 e. The third kappa shape index (κ3) is 3.69. The Bertz CT molecular complexity index is 336. The Balaban J connectivity index is 0.00000144. The molecule has 0 radical (unpaired) electrons. The highest BCUT2D eigenvalue weighted by Gasteiger charge is 2.26. The molecule has 0 aliphatic carbocycles. The molecule has 1 fully saturated rings. The number of nitrogens with zero attached hydrogens (tertiary/aromatic N) is 1. The summed E-state index contributed by atoms with van der Waals surface area (Å²) in [6.45, 7) is 4.56. The van der Waals surface area contributed by atoms with Crippen molar-refractivity contribution in [3.8, 4) is 0 Å². The van der Waals surface area contributed by atoms with E-state index < -0.39 is 0 Å². The second kappa shape index (κ2) is 6.99. The summed E-state index contributed by atoms with van der Waals surface area (Å²) in [5.41, 5.74) is 0. The highest BCUT2D eigenvalue weighted by molar-refractivity contribution is 7.09. The van der Waals surface area contributed by atoms with E-state index in [4.69, 9.17) is 0 Å². The molecule has 1 aromatic rings. The van der Waals surface area contributed by atoms with Crippen molar-refractivity contribution in [2.75, 3.05) is 13.1 Å². The fourth-order valence-corrected chi connectivity index (χ4v) is 2.77. The number of carbonyl (C=O) groups is 1. The minimum absolute atomic E-state index is 0. The van der Waals surface area contributed by atoms with E-state index in [9.17, 15) is 4.79 Å². The fourth-order valence-electron chi connectivity index (χ4n) is 2.05. The van der Waals surface area contributed by atoms with E-state index in [1.165, 1.54) is 4.88 Å². The molecule has 1 saturated heterocycles. The van der Waals surface area contributed by atoms with Gasteiger partial charge in [0.2, 0.25) is 5.91 Å². The zero-order valence-electron chi connectivity index (χ0n) is 10.0. The van der Waals surface area contributed by atoms with Gasteiger partial charge in [-0.1, -0.05) is 6.07 Å². The number of likely N-dealkylation sites (N-methyl/N-ethyl adjacent to an activating group) is 1. The molecule has 1 aliphatic heterocycles. The molecule has 2 rings (SSSR count). The van der Waals surface area contributed by atoms with Crippen LogP contribution in [0.1, 0.15) is 24.6 Å². The molecule has 0 saturated carbocycles. The summed E-state index contributed by atoms with van der Waals surface area (Å²) in [4.78, 5) is 15.4. The monoisotopic (exact) mass is 274 g/mol. The average molecular weight is 275 g/mol. The van der Waals surface area contributed by atoms with E-state index in [1.54, 1.807) is 11.3 Å². The van der Waals surface area contributed by atoms with E-state index in [2.05, 4.69) is 16.8 Å². The van der Waals surface area contributed by atoms with E-state index in [0.717, 1.165) is 32.5 Å². The van der Waals surface area contributed by atoms with Crippen LogP contribution in [0.25, 0.3) is 0 Å². The first kappa shape index (κ1) is 14.5. The van der Waals surface area contributed by atoms with Crippen molar-refractivity contribution in [3.05, 3.63) is 22.4 Å². The second-order valence-corrected chi connectivity index (χ2v) is 5.11. The number of hydrogen-bond donors (Lipinski definition) is 1. The standard InChI is InChI=1S/C12H18N2OS.ClH/c1-2-14(9-10-5-4-8-16-10)12(15)11-6-3-7-13-11;/h4-5,8,11,13H,2-3,6-7,9H2,1H3;1H/t11-;/m0./s1. The summed E-state index contributed by atoms with van der Waals surface area (Å²) >= 11 is 1.71. The van der Waals surface area contributed by atoms with Gasteiger partial charge in [-0.05, 0) is 37.8 Å². The quantitative estimate of drug-likeness (QED) is 0.914. The molecule has 0 bridgehead atoms. The number of amides is 1. The van der Waals surface area contributed by atoms with Gasteiger partial charge < -0.3 is 10.2 Å². The number of rotatable bonds is 4. The van der Waals surface area contributed by atoms with Crippen molar-refractivity contribution in [1.29, 1.82) is 0 Å². The number of carbonyl (C=O) groups excluding carboxylic acids is 1. The minimum atomic E-state index is 0. The van der Waals surface area contributed by atoms with E-state index in [1.807, 2.05) is 17.9 Å². The molecule has 2 heterocycles. The molecular formula is C12H19ClN2OS. The van der Waals surface area contributed by atoms with Gasteiger partial charge in [-0.2, -0.15) is 0 Å². The van der Waals surface area contributed by atoms with Gasteiger partial charge in [-0.3, -0.25) is 4.79 Å². The second-order valence-electron chi connectivity index (χ2n) is 4.08. The SMILES string of the molecule is CCN(Cc1cccs1)C(=O)[C@@H]1CCCN1.Cl. The van der Waals surface area contributed by atoms with Gasteiger partial charge in [0.05, 0.1) is 12.6 Å². The Hall–Kier alpha value is -0.580. The summed E-state index contributed by atoms with van der Waals surface area (Å²) in [5.74, 6) is 0.258. The molecule has 0 aromatic carbocycles. The largest absolute Gasteiger partial charge is 0.336 e. The predicted octanol–water partition coefficient (Wildman–Crippen LogP) is 2.27. The lowest BCUT2D eigenvalue weighted by molar-refractivity contribution is -0.133. The lowest BCUT2D eigenvalue weighted by atomic mass is 10.2. The molecule has 96 valence electrons. The molecule has 1 aliphatic rings. The zero-order valence-corrected chi connectivity index (χ0v) is 11.6. The number of hydrogen-bond acceptors (Lipinski definition) is 3. The van der Waals surface area contributed by atoms with Gasteiger partial charge in [-0.15, -0.1) is 23.7 Å². The Morgan fingerprint density at radius 3 is 3.00 bits per heavy atom. The van der Waals surface area contributed by atoms with E-state index >= 15 is 0 Å². The van der Waals surface area contributed by atoms with Crippen LogP contribution < -0.4 is 5.32 Å². The van der Waals surface area contributed by atoms with Crippen LogP contribution in [0.4, 0.5) is 0 Å². The number of nitrogens with one attached hydrogen (secondary N) is 1. The first-order valence-electron chi connectivity index (χ1n) is 5.86. The lowest BCUT2D eigenvalue weighted by Crippen LogP contribution is -2.43. The molecule has 3 nitrogen and oxygen atoms in total. The van der Waals surface area contributed by atoms with Crippen molar-refractivity contribution in [3.63, 3.8) is 0 Å². The predicted molar refractivity (Wildman–Crippen MR) is 73.7 cm³/mol. The topological polar surface area (TPSA) is 32.3 Å². The average Bonchev–Trinajstić information content (AvgIpc) is 2.97. The van der Waals surface area contributed by atoms with Crippen LogP contribution in [0, 0.1) is 0 Å². The molecular weight excluding hydrogens is 256 g/mol. The highest BCUT2D eigenvalue weighted by atomic mass is 35.5. The van der Waals surface area contributed by atoms with Crippen LogP contribution in [0.3, 0.4) is 0 Å². The van der Waals surface area contributed by atoms with Gasteiger partial charge in [-0.25, -0.2) is 0 Å². The Kier molecular flexibility index (Phi) is 5.95. The molecule has 1 amide bonds. The molecule has 0 spiro atoms. The van der Waals surface area contributed by atoms with Gasteiger partial charge in [0.25, 0.3) is 0 Å². The maximum Gasteiger partial charge on any atom is 0.240 e. The molecule has 5 heteroatoms. The van der Waals surface area contributed by atoms with Crippen LogP contribution in [0.2, 0.25) is 0 Å². The van der Waals surface area contributed by atoms with Crippen molar-refractivity contribution >= 4 is 29.7 Å². The molecule has 1 N–H and O–H groups in total. The summed E-state index contributed by atoms with van der Waals surface area (Å²) < 4.78 is 0. The summed E-state index contributed by atoms with van der Waals surface area (Å²) in [5, 5.41) is 5.32. The molecule has 17 heavy (non-hydrogen) atoms. The Morgan fingerprint density at radius 1 is 1.65 bits per heavy atom. The van der Waals surface area contributed by atoms with Gasteiger partial charge >= 0.3 is 0 Å². The van der Waals surface area contributed by atoms with E-state index in [0.29, 0.717) is 0 Å². The van der Waals surface area contributed by atoms with Crippen molar-refractivity contribution in [1.82, 2.24) is 10.2 Å². The van der Waals surface area contributed by atoms with Crippen molar-refractivity contribution in [2.24, 2.45) is 0 Å². The first-order valence-corrected chi connectivity index (χ1v) is 6.73. The fraction of sp³-hybridized carbons (Fsp3) is 0.583. The molecule has 1 aromatic heterocycles. The highest BCUT2D eigenvalue weighted by Crippen LogP contribution is 2.14. The van der Waals surface area contributed by atoms with Crippen molar-refractivity contribution in [2.45, 2.75) is 32.4 Å². The van der Waals surface area contributed by atoms with Crippen LogP contribution in [-0.4, -0.2) is 29.9 Å². The molecule has 0 unspecified atom stereocenters. The third-order valence-corrected chi connectivity index (χ3v) is 3.84. The number of halogens is 1. The lowest BCUT2D eigenvalue weighted by Gasteiger charge is -2.23. The van der Waals surface area contributed by atoms with E-state index in [-0.39, 0.29) is 24.4 Å². The van der Waals surface area contributed by atoms with Crippen molar-refractivity contribution < 1.29 is 4.79 Å². The third-order valence-electron chi connectivity index (χ3n) is 2.98. The Labute approximate surface area is 113 Å². The normalized spacial score (nSPS) is 18.8. The smallest absolute Gasteiger partial charge is 0.240 e. The maximum absolute atomic E-state index is 12.2. The maximum atomic E-state index is 12.2. The zero-order chi connectivity index (χ0) is 11.4. The van der Waals surface area contributed by atoms with Gasteiger partial charge in [0.1, 0.15) is 0 Å².